The minimum absolute atomic E-state index is 0.338. The Bertz CT molecular complexity index is 234. The molecule has 2 heteroatoms. The zero-order valence-corrected chi connectivity index (χ0v) is 7.56. The third-order valence-corrected chi connectivity index (χ3v) is 2.30. The van der Waals surface area contributed by atoms with Crippen molar-refractivity contribution in [2.24, 2.45) is 0 Å². The molecule has 0 aromatic carbocycles. The second-order valence-corrected chi connectivity index (χ2v) is 3.40. The normalized spacial score (nSPS) is 15.0. The molecule has 0 amide bonds. The maximum atomic E-state index is 9.15. The molecule has 0 spiro atoms. The molecule has 11 heavy (non-hydrogen) atoms. The fourth-order valence-electron chi connectivity index (χ4n) is 0.741. The minimum Gasteiger partial charge on any atom is -0.389 e. The van der Waals surface area contributed by atoms with Crippen LogP contribution in [0.15, 0.2) is 22.4 Å². The van der Waals surface area contributed by atoms with Gasteiger partial charge in [-0.2, -0.15) is 11.3 Å². The SMILES string of the molecule is C/C(=C\c1ccsc1)C(C)O. The first-order valence-electron chi connectivity index (χ1n) is 3.58. The molecule has 60 valence electrons. The Labute approximate surface area is 71.0 Å². The van der Waals surface area contributed by atoms with Crippen LogP contribution in [0.5, 0.6) is 0 Å². The van der Waals surface area contributed by atoms with Crippen molar-refractivity contribution in [3.05, 3.63) is 28.0 Å². The van der Waals surface area contributed by atoms with E-state index in [2.05, 4.69) is 5.38 Å². The third kappa shape index (κ3) is 2.48. The summed E-state index contributed by atoms with van der Waals surface area (Å²) in [6, 6.07) is 2.04. The van der Waals surface area contributed by atoms with Gasteiger partial charge in [0, 0.05) is 0 Å². The number of thiophene rings is 1. The van der Waals surface area contributed by atoms with Crippen LogP contribution in [0.3, 0.4) is 0 Å². The van der Waals surface area contributed by atoms with Gasteiger partial charge in [-0.1, -0.05) is 6.08 Å². The van der Waals surface area contributed by atoms with Crippen LogP contribution in [0, 0.1) is 0 Å². The lowest BCUT2D eigenvalue weighted by molar-refractivity contribution is 0.232. The Morgan fingerprint density at radius 3 is 2.91 bits per heavy atom. The second-order valence-electron chi connectivity index (χ2n) is 2.62. The van der Waals surface area contributed by atoms with Crippen LogP contribution in [-0.2, 0) is 0 Å². The van der Waals surface area contributed by atoms with Crippen molar-refractivity contribution in [1.29, 1.82) is 0 Å². The molecular weight excluding hydrogens is 156 g/mol. The zero-order valence-electron chi connectivity index (χ0n) is 6.74. The molecule has 0 fully saturated rings. The average Bonchev–Trinajstić information content (AvgIpc) is 2.39. The molecule has 1 nitrogen and oxygen atoms in total. The molecule has 0 saturated heterocycles. The van der Waals surface area contributed by atoms with Crippen molar-refractivity contribution >= 4 is 17.4 Å². The predicted octanol–water partition coefficient (Wildman–Crippen LogP) is 2.53. The Balaban J connectivity index is 2.74. The van der Waals surface area contributed by atoms with E-state index in [1.807, 2.05) is 24.4 Å². The van der Waals surface area contributed by atoms with Gasteiger partial charge in [0.15, 0.2) is 0 Å². The first-order chi connectivity index (χ1) is 5.20. The summed E-state index contributed by atoms with van der Waals surface area (Å²) in [6.45, 7) is 3.71. The van der Waals surface area contributed by atoms with E-state index in [4.69, 9.17) is 5.11 Å². The van der Waals surface area contributed by atoms with Crippen LogP contribution in [0.1, 0.15) is 19.4 Å². The Morgan fingerprint density at radius 2 is 2.45 bits per heavy atom. The summed E-state index contributed by atoms with van der Waals surface area (Å²) in [7, 11) is 0. The summed E-state index contributed by atoms with van der Waals surface area (Å²) >= 11 is 1.67. The Hall–Kier alpha value is -0.600. The lowest BCUT2D eigenvalue weighted by Gasteiger charge is -2.01. The van der Waals surface area contributed by atoms with Gasteiger partial charge < -0.3 is 5.11 Å². The molecule has 1 rings (SSSR count). The maximum absolute atomic E-state index is 9.15. The molecular formula is C9H12OS. The number of aliphatic hydroxyl groups excluding tert-OH is 1. The first-order valence-corrected chi connectivity index (χ1v) is 4.53. The molecule has 1 unspecified atom stereocenters. The largest absolute Gasteiger partial charge is 0.389 e. The Morgan fingerprint density at radius 1 is 1.73 bits per heavy atom. The van der Waals surface area contributed by atoms with Crippen molar-refractivity contribution in [2.45, 2.75) is 20.0 Å². The highest BCUT2D eigenvalue weighted by Crippen LogP contribution is 2.12. The minimum atomic E-state index is -0.338. The van der Waals surface area contributed by atoms with Gasteiger partial charge >= 0.3 is 0 Å². The van der Waals surface area contributed by atoms with Crippen molar-refractivity contribution in [2.75, 3.05) is 0 Å². The number of rotatable bonds is 2. The van der Waals surface area contributed by atoms with Gasteiger partial charge in [0.2, 0.25) is 0 Å². The summed E-state index contributed by atoms with van der Waals surface area (Å²) in [5, 5.41) is 13.2. The van der Waals surface area contributed by atoms with Crippen LogP contribution < -0.4 is 0 Å². The lowest BCUT2D eigenvalue weighted by Crippen LogP contribution is -1.99. The highest BCUT2D eigenvalue weighted by molar-refractivity contribution is 7.08. The van der Waals surface area contributed by atoms with E-state index >= 15 is 0 Å². The summed E-state index contributed by atoms with van der Waals surface area (Å²) in [5.41, 5.74) is 2.18. The van der Waals surface area contributed by atoms with Crippen molar-refractivity contribution in [3.8, 4) is 0 Å². The predicted molar refractivity (Wildman–Crippen MR) is 49.7 cm³/mol. The topological polar surface area (TPSA) is 20.2 Å². The first kappa shape index (κ1) is 8.50. The molecule has 1 aromatic heterocycles. The van der Waals surface area contributed by atoms with Crippen molar-refractivity contribution in [3.63, 3.8) is 0 Å². The van der Waals surface area contributed by atoms with Gasteiger partial charge in [0.1, 0.15) is 0 Å². The summed E-state index contributed by atoms with van der Waals surface area (Å²) in [4.78, 5) is 0. The molecule has 0 aliphatic heterocycles. The number of hydrogen-bond donors (Lipinski definition) is 1. The van der Waals surface area contributed by atoms with E-state index in [1.165, 1.54) is 5.56 Å². The van der Waals surface area contributed by atoms with Crippen LogP contribution in [-0.4, -0.2) is 11.2 Å². The third-order valence-electron chi connectivity index (χ3n) is 1.60. The fourth-order valence-corrected chi connectivity index (χ4v) is 1.36. The van der Waals surface area contributed by atoms with Gasteiger partial charge in [-0.3, -0.25) is 0 Å². The van der Waals surface area contributed by atoms with Crippen molar-refractivity contribution in [1.82, 2.24) is 0 Å². The molecule has 1 atom stereocenters. The molecule has 1 N–H and O–H groups in total. The van der Waals surface area contributed by atoms with E-state index in [-0.39, 0.29) is 6.10 Å². The van der Waals surface area contributed by atoms with Gasteiger partial charge in [-0.25, -0.2) is 0 Å². The van der Waals surface area contributed by atoms with E-state index in [9.17, 15) is 0 Å². The average molecular weight is 168 g/mol. The monoisotopic (exact) mass is 168 g/mol. The van der Waals surface area contributed by atoms with Crippen LogP contribution >= 0.6 is 11.3 Å². The molecule has 0 aliphatic rings. The lowest BCUT2D eigenvalue weighted by atomic mass is 10.1. The van der Waals surface area contributed by atoms with Gasteiger partial charge in [0.05, 0.1) is 6.10 Å². The van der Waals surface area contributed by atoms with Crippen LogP contribution in [0.25, 0.3) is 6.08 Å². The molecule has 0 saturated carbocycles. The smallest absolute Gasteiger partial charge is 0.0722 e. The number of aliphatic hydroxyl groups is 1. The number of hydrogen-bond acceptors (Lipinski definition) is 2. The molecule has 1 aromatic rings. The van der Waals surface area contributed by atoms with E-state index < -0.39 is 0 Å². The fraction of sp³-hybridized carbons (Fsp3) is 0.333. The van der Waals surface area contributed by atoms with Gasteiger partial charge in [0.25, 0.3) is 0 Å². The van der Waals surface area contributed by atoms with Crippen LogP contribution in [0.4, 0.5) is 0 Å². The molecule has 1 heterocycles. The Kier molecular flexibility index (Phi) is 2.85. The van der Waals surface area contributed by atoms with Crippen molar-refractivity contribution < 1.29 is 5.11 Å². The molecule has 0 aliphatic carbocycles. The maximum Gasteiger partial charge on any atom is 0.0722 e. The highest BCUT2D eigenvalue weighted by Gasteiger charge is 1.97. The van der Waals surface area contributed by atoms with Gasteiger partial charge in [-0.15, -0.1) is 0 Å². The highest BCUT2D eigenvalue weighted by atomic mass is 32.1. The molecule has 0 radical (unpaired) electrons. The van der Waals surface area contributed by atoms with E-state index in [0.717, 1.165) is 5.57 Å². The molecule has 0 bridgehead atoms. The van der Waals surface area contributed by atoms with E-state index in [1.54, 1.807) is 18.3 Å². The van der Waals surface area contributed by atoms with Gasteiger partial charge in [-0.05, 0) is 41.8 Å². The summed E-state index contributed by atoms with van der Waals surface area (Å²) < 4.78 is 0. The summed E-state index contributed by atoms with van der Waals surface area (Å²) in [5.74, 6) is 0. The van der Waals surface area contributed by atoms with E-state index in [0.29, 0.717) is 0 Å². The second kappa shape index (κ2) is 3.69. The summed E-state index contributed by atoms with van der Waals surface area (Å²) in [6.07, 6.45) is 1.66. The van der Waals surface area contributed by atoms with Crippen LogP contribution in [0.2, 0.25) is 0 Å². The quantitative estimate of drug-likeness (QED) is 0.719. The standard InChI is InChI=1S/C9H12OS/c1-7(8(2)10)5-9-3-4-11-6-9/h3-6,8,10H,1-2H3/b7-5+. The zero-order chi connectivity index (χ0) is 8.27.